The molecule has 144 valence electrons. The number of carbonyl (C=O) groups is 3. The minimum Gasteiger partial charge on any atom is -0.370 e. The average Bonchev–Trinajstić information content (AvgIpc) is 2.70. The van der Waals surface area contributed by atoms with Crippen LogP contribution in [0.1, 0.15) is 43.4 Å². The van der Waals surface area contributed by atoms with Gasteiger partial charge in [0.05, 0.1) is 6.04 Å². The number of nitrogens with zero attached hydrogens (tertiary/aromatic N) is 1. The van der Waals surface area contributed by atoms with Crippen molar-refractivity contribution in [1.82, 2.24) is 15.6 Å². The minimum absolute atomic E-state index is 0.0517. The molecule has 1 atom stereocenters. The standard InChI is InChI=1S/C18H28N4O2.CH2O/c1-19-16(13-23)10-12-20-17(24)7-3-2-6-15-9-8-14-5-4-11-21-18(14)22-15;1-2/h8-9,13,16,19H,2-7,10-12H2,1H3,(H,20,24)(H,21,22);1H2. The summed E-state index contributed by atoms with van der Waals surface area (Å²) in [4.78, 5) is 35.1. The van der Waals surface area contributed by atoms with Crippen LogP contribution in [0.4, 0.5) is 5.82 Å². The van der Waals surface area contributed by atoms with E-state index in [4.69, 9.17) is 4.79 Å². The molecule has 1 amide bonds. The van der Waals surface area contributed by atoms with Gasteiger partial charge in [-0.05, 0) is 57.2 Å². The molecule has 0 saturated carbocycles. The molecule has 1 unspecified atom stereocenters. The number of pyridine rings is 1. The lowest BCUT2D eigenvalue weighted by molar-refractivity contribution is -0.121. The van der Waals surface area contributed by atoms with Crippen LogP contribution in [0, 0.1) is 0 Å². The maximum Gasteiger partial charge on any atom is 0.219 e. The first-order valence-corrected chi connectivity index (χ1v) is 9.13. The fourth-order valence-electron chi connectivity index (χ4n) is 2.84. The lowest BCUT2D eigenvalue weighted by Gasteiger charge is -2.17. The van der Waals surface area contributed by atoms with E-state index in [0.717, 1.165) is 50.0 Å². The molecule has 0 aromatic carbocycles. The van der Waals surface area contributed by atoms with E-state index in [9.17, 15) is 9.59 Å². The zero-order chi connectivity index (χ0) is 19.2. The van der Waals surface area contributed by atoms with Gasteiger partial charge in [-0.3, -0.25) is 4.79 Å². The molecule has 7 heteroatoms. The van der Waals surface area contributed by atoms with E-state index >= 15 is 0 Å². The molecule has 2 rings (SSSR count). The summed E-state index contributed by atoms with van der Waals surface area (Å²) in [6.07, 6.45) is 6.99. The predicted molar refractivity (Wildman–Crippen MR) is 102 cm³/mol. The third-order valence-corrected chi connectivity index (χ3v) is 4.35. The van der Waals surface area contributed by atoms with E-state index in [-0.39, 0.29) is 11.9 Å². The Morgan fingerprint density at radius 1 is 1.38 bits per heavy atom. The number of amides is 1. The molecule has 1 aliphatic rings. The van der Waals surface area contributed by atoms with Crippen molar-refractivity contribution in [3.8, 4) is 0 Å². The fourth-order valence-corrected chi connectivity index (χ4v) is 2.84. The van der Waals surface area contributed by atoms with Gasteiger partial charge < -0.3 is 25.5 Å². The topological polar surface area (TPSA) is 100 Å². The number of unbranched alkanes of at least 4 members (excludes halogenated alkanes) is 1. The van der Waals surface area contributed by atoms with Crippen LogP contribution in [0.25, 0.3) is 0 Å². The molecule has 3 N–H and O–H groups in total. The van der Waals surface area contributed by atoms with E-state index in [1.807, 2.05) is 6.79 Å². The van der Waals surface area contributed by atoms with Gasteiger partial charge in [0.15, 0.2) is 0 Å². The molecule has 0 aliphatic carbocycles. The molecule has 0 spiro atoms. The Balaban J connectivity index is 0.00000163. The summed E-state index contributed by atoms with van der Waals surface area (Å²) in [5, 5.41) is 9.09. The number of aldehydes is 1. The van der Waals surface area contributed by atoms with Gasteiger partial charge in [-0.15, -0.1) is 0 Å². The van der Waals surface area contributed by atoms with Gasteiger partial charge in [0.2, 0.25) is 5.91 Å². The molecule has 1 aromatic heterocycles. The molecular weight excluding hydrogens is 332 g/mol. The molecular formula is C19H30N4O3. The third kappa shape index (κ3) is 7.74. The summed E-state index contributed by atoms with van der Waals surface area (Å²) in [6, 6.07) is 4.08. The summed E-state index contributed by atoms with van der Waals surface area (Å²) in [6.45, 7) is 3.53. The molecule has 0 radical (unpaired) electrons. The lowest BCUT2D eigenvalue weighted by atomic mass is 10.1. The second-order valence-electron chi connectivity index (χ2n) is 6.22. The first-order valence-electron chi connectivity index (χ1n) is 9.13. The number of hydrogen-bond acceptors (Lipinski definition) is 6. The summed E-state index contributed by atoms with van der Waals surface area (Å²) >= 11 is 0. The van der Waals surface area contributed by atoms with Crippen LogP contribution in [0.2, 0.25) is 0 Å². The van der Waals surface area contributed by atoms with Gasteiger partial charge in [0.25, 0.3) is 0 Å². The third-order valence-electron chi connectivity index (χ3n) is 4.35. The minimum atomic E-state index is -0.186. The monoisotopic (exact) mass is 362 g/mol. The van der Waals surface area contributed by atoms with E-state index in [2.05, 4.69) is 33.1 Å². The zero-order valence-electron chi connectivity index (χ0n) is 15.6. The highest BCUT2D eigenvalue weighted by molar-refractivity contribution is 5.75. The van der Waals surface area contributed by atoms with Crippen molar-refractivity contribution < 1.29 is 14.4 Å². The highest BCUT2D eigenvalue weighted by Crippen LogP contribution is 2.20. The number of fused-ring (bicyclic) bond motifs is 1. The fraction of sp³-hybridized carbons (Fsp3) is 0.579. The number of rotatable bonds is 10. The summed E-state index contributed by atoms with van der Waals surface area (Å²) in [7, 11) is 1.74. The van der Waals surface area contributed by atoms with Crippen molar-refractivity contribution in [2.45, 2.75) is 51.0 Å². The Labute approximate surface area is 155 Å². The van der Waals surface area contributed by atoms with Crippen molar-refractivity contribution >= 4 is 24.8 Å². The van der Waals surface area contributed by atoms with E-state index in [1.54, 1.807) is 7.05 Å². The second-order valence-corrected chi connectivity index (χ2v) is 6.22. The Bertz CT molecular complexity index is 566. The van der Waals surface area contributed by atoms with E-state index in [0.29, 0.717) is 19.4 Å². The number of nitrogens with one attached hydrogen (secondary N) is 3. The zero-order valence-corrected chi connectivity index (χ0v) is 15.6. The SMILES string of the molecule is C=O.CNC(C=O)CCNC(=O)CCCCc1ccc2c(n1)NCCC2. The molecule has 7 nitrogen and oxygen atoms in total. The number of carbonyl (C=O) groups excluding carboxylic acids is 3. The van der Waals surface area contributed by atoms with Gasteiger partial charge in [-0.25, -0.2) is 4.98 Å². The van der Waals surface area contributed by atoms with Gasteiger partial charge in [-0.1, -0.05) is 6.07 Å². The number of likely N-dealkylation sites (N-methyl/N-ethyl adjacent to an activating group) is 1. The van der Waals surface area contributed by atoms with Gasteiger partial charge in [0, 0.05) is 25.2 Å². The van der Waals surface area contributed by atoms with Crippen LogP contribution >= 0.6 is 0 Å². The molecule has 1 aromatic rings. The van der Waals surface area contributed by atoms with Crippen molar-refractivity contribution in [2.24, 2.45) is 0 Å². The number of anilines is 1. The average molecular weight is 362 g/mol. The number of aromatic nitrogens is 1. The smallest absolute Gasteiger partial charge is 0.219 e. The molecule has 0 fully saturated rings. The maximum atomic E-state index is 11.8. The Morgan fingerprint density at radius 3 is 2.92 bits per heavy atom. The van der Waals surface area contributed by atoms with Gasteiger partial charge in [0.1, 0.15) is 18.9 Å². The summed E-state index contributed by atoms with van der Waals surface area (Å²) in [5.41, 5.74) is 2.39. The Kier molecular flexibility index (Phi) is 10.9. The van der Waals surface area contributed by atoms with Crippen molar-refractivity contribution in [3.05, 3.63) is 23.4 Å². The molecule has 26 heavy (non-hydrogen) atoms. The largest absolute Gasteiger partial charge is 0.370 e. The molecule has 2 heterocycles. The first-order chi connectivity index (χ1) is 12.7. The van der Waals surface area contributed by atoms with Crippen LogP contribution in [0.15, 0.2) is 12.1 Å². The first kappa shape index (κ1) is 21.8. The van der Waals surface area contributed by atoms with E-state index < -0.39 is 0 Å². The van der Waals surface area contributed by atoms with Crippen molar-refractivity contribution in [1.29, 1.82) is 0 Å². The van der Waals surface area contributed by atoms with E-state index in [1.165, 1.54) is 12.0 Å². The van der Waals surface area contributed by atoms with Crippen LogP contribution in [0.3, 0.4) is 0 Å². The van der Waals surface area contributed by atoms with Gasteiger partial charge >= 0.3 is 0 Å². The van der Waals surface area contributed by atoms with Crippen molar-refractivity contribution in [3.63, 3.8) is 0 Å². The Hall–Kier alpha value is -2.28. The van der Waals surface area contributed by atoms with Crippen LogP contribution < -0.4 is 16.0 Å². The summed E-state index contributed by atoms with van der Waals surface area (Å²) < 4.78 is 0. The lowest BCUT2D eigenvalue weighted by Crippen LogP contribution is -2.33. The van der Waals surface area contributed by atoms with Crippen LogP contribution in [0.5, 0.6) is 0 Å². The number of hydrogen-bond donors (Lipinski definition) is 3. The van der Waals surface area contributed by atoms with Gasteiger partial charge in [-0.2, -0.15) is 0 Å². The summed E-state index contributed by atoms with van der Waals surface area (Å²) in [5.74, 6) is 1.08. The quantitative estimate of drug-likeness (QED) is 0.428. The Morgan fingerprint density at radius 2 is 2.19 bits per heavy atom. The van der Waals surface area contributed by atoms with Crippen LogP contribution in [-0.2, 0) is 27.2 Å². The maximum absolute atomic E-state index is 11.8. The number of aryl methyl sites for hydroxylation is 2. The molecule has 0 bridgehead atoms. The molecule has 0 saturated heterocycles. The van der Waals surface area contributed by atoms with Crippen LogP contribution in [-0.4, -0.2) is 50.1 Å². The highest BCUT2D eigenvalue weighted by Gasteiger charge is 2.10. The normalized spacial score (nSPS) is 13.4. The second kappa shape index (κ2) is 13.0. The predicted octanol–water partition coefficient (Wildman–Crippen LogP) is 1.26. The molecule has 1 aliphatic heterocycles. The van der Waals surface area contributed by atoms with Crippen molar-refractivity contribution in [2.75, 3.05) is 25.5 Å². The highest BCUT2D eigenvalue weighted by atomic mass is 16.1.